The third-order valence-electron chi connectivity index (χ3n) is 5.79. The van der Waals surface area contributed by atoms with Crippen LogP contribution in [-0.4, -0.2) is 37.0 Å². The second-order valence-electron chi connectivity index (χ2n) is 7.78. The van der Waals surface area contributed by atoms with Crippen LogP contribution < -0.4 is 0 Å². The van der Waals surface area contributed by atoms with Crippen molar-refractivity contribution in [2.45, 2.75) is 27.7 Å². The minimum Gasteiger partial charge on any atom is -0.107 e. The van der Waals surface area contributed by atoms with E-state index in [4.69, 9.17) is 0 Å². The van der Waals surface area contributed by atoms with Crippen LogP contribution in [0, 0.1) is 126 Å². The van der Waals surface area contributed by atoms with E-state index >= 15 is 0 Å². The molecule has 0 amide bonds. The fourth-order valence-corrected chi connectivity index (χ4v) is 7.04. The molecule has 0 N–H and O–H groups in total. The number of hydrogen-bond acceptors (Lipinski definition) is 0. The molecule has 4 rings (SSSR count). The van der Waals surface area contributed by atoms with Crippen molar-refractivity contribution in [1.82, 2.24) is 0 Å². The Kier molecular flexibility index (Phi) is 24.1. The molecule has 20 radical (unpaired) electrons. The molecule has 182 valence electrons. The maximum atomic E-state index is 2.36. The maximum Gasteiger partial charge on any atom is 2.00 e. The molecule has 0 bridgehead atoms. The Morgan fingerprint density at radius 3 is 0.912 bits per heavy atom. The molecular weight excluding hydrogens is 534 g/mol. The van der Waals surface area contributed by atoms with E-state index in [1.54, 1.807) is 11.8 Å². The van der Waals surface area contributed by atoms with E-state index in [1.165, 1.54) is 48.8 Å². The zero-order chi connectivity index (χ0) is 23.0. The van der Waals surface area contributed by atoms with Gasteiger partial charge in [0, 0.05) is 0 Å². The van der Waals surface area contributed by atoms with Gasteiger partial charge in [-0.25, -0.2) is 0 Å². The molecule has 0 saturated heterocycles. The summed E-state index contributed by atoms with van der Waals surface area (Å²) >= 11 is 0. The Morgan fingerprint density at radius 2 is 0.676 bits per heavy atom. The van der Waals surface area contributed by atoms with Crippen molar-refractivity contribution in [3.63, 3.8) is 0 Å². The first-order valence-corrected chi connectivity index (χ1v) is 15.8. The average molecular weight is 574 g/mol. The van der Waals surface area contributed by atoms with E-state index < -0.39 is 0 Å². The van der Waals surface area contributed by atoms with Crippen LogP contribution >= 0.6 is 15.8 Å². The summed E-state index contributed by atoms with van der Waals surface area (Å²) in [5.41, 5.74) is 0. The summed E-state index contributed by atoms with van der Waals surface area (Å²) in [6.45, 7) is 9.39. The Bertz CT molecular complexity index is 376. The van der Waals surface area contributed by atoms with Gasteiger partial charge in [0.1, 0.15) is 0 Å². The zero-order valence-corrected chi connectivity index (χ0v) is 25.1. The van der Waals surface area contributed by atoms with Gasteiger partial charge in [0.05, 0.1) is 0 Å². The van der Waals surface area contributed by atoms with Gasteiger partial charge < -0.3 is 0 Å². The third kappa shape index (κ3) is 13.6. The Hall–Kier alpha value is 1.90. The van der Waals surface area contributed by atoms with Crippen LogP contribution in [0.2, 0.25) is 0 Å². The quantitative estimate of drug-likeness (QED) is 0.197. The summed E-state index contributed by atoms with van der Waals surface area (Å²) < 4.78 is 0. The summed E-state index contributed by atoms with van der Waals surface area (Å²) in [5.74, 6) is 6.19. The van der Waals surface area contributed by atoms with Crippen molar-refractivity contribution >= 4 is 15.8 Å². The summed E-state index contributed by atoms with van der Waals surface area (Å²) in [6.07, 6.45) is 41.9. The van der Waals surface area contributed by atoms with Crippen LogP contribution in [0.1, 0.15) is 27.7 Å². The second kappa shape index (κ2) is 22.8. The summed E-state index contributed by atoms with van der Waals surface area (Å²) in [5, 5.41) is 0. The smallest absolute Gasteiger partial charge is 0.107 e. The molecule has 4 saturated carbocycles. The normalized spacial score (nSPS) is 21.7. The van der Waals surface area contributed by atoms with Crippen LogP contribution in [0.15, 0.2) is 0 Å². The van der Waals surface area contributed by atoms with E-state index in [0.717, 1.165) is 0 Å². The van der Waals surface area contributed by atoms with E-state index in [9.17, 15) is 0 Å². The number of hydrogen-bond donors (Lipinski definition) is 0. The molecule has 0 spiro atoms. The van der Waals surface area contributed by atoms with Gasteiger partial charge in [-0.1, -0.05) is 27.7 Å². The summed E-state index contributed by atoms with van der Waals surface area (Å²) in [4.78, 5) is 0. The Labute approximate surface area is 240 Å². The molecule has 34 heavy (non-hydrogen) atoms. The molecule has 4 aliphatic rings. The summed E-state index contributed by atoms with van der Waals surface area (Å²) in [6, 6.07) is 0. The van der Waals surface area contributed by atoms with Gasteiger partial charge in [-0.15, -0.1) is 15.8 Å². The molecule has 0 atom stereocenters. The second-order valence-corrected chi connectivity index (χ2v) is 13.6. The monoisotopic (exact) mass is 574 g/mol. The van der Waals surface area contributed by atoms with Crippen molar-refractivity contribution < 1.29 is 34.1 Å². The first-order chi connectivity index (χ1) is 15.7. The average Bonchev–Trinajstić information content (AvgIpc) is 3.65. The van der Waals surface area contributed by atoms with Gasteiger partial charge in [-0.05, 0) is 163 Å². The topological polar surface area (TPSA) is 0 Å². The molecule has 4 aliphatic carbocycles. The minimum atomic E-state index is 0. The largest absolute Gasteiger partial charge is 2.00 e. The zero-order valence-electron chi connectivity index (χ0n) is 21.1. The molecule has 4 heteroatoms. The molecule has 0 heterocycles. The number of rotatable bonds is 9. The predicted molar refractivity (Wildman–Crippen MR) is 148 cm³/mol. The molecule has 0 aromatic heterocycles. The van der Waals surface area contributed by atoms with Crippen molar-refractivity contribution in [1.29, 1.82) is 0 Å². The predicted octanol–water partition coefficient (Wildman–Crippen LogP) is 7.62. The molecule has 0 unspecified atom stereocenters. The first kappa shape index (κ1) is 35.9. The Morgan fingerprint density at radius 1 is 0.412 bits per heavy atom. The first-order valence-electron chi connectivity index (χ1n) is 12.0. The molecule has 0 aliphatic heterocycles. The van der Waals surface area contributed by atoms with Crippen LogP contribution in [0.4, 0.5) is 0 Å². The van der Waals surface area contributed by atoms with E-state index in [2.05, 4.69) is 66.2 Å². The third-order valence-corrected chi connectivity index (χ3v) is 10.9. The Balaban J connectivity index is 0.000000746. The van der Waals surface area contributed by atoms with E-state index in [-0.39, 0.29) is 50.0 Å². The van der Waals surface area contributed by atoms with E-state index in [0.29, 0.717) is 0 Å². The van der Waals surface area contributed by atoms with Gasteiger partial charge in [0.25, 0.3) is 0 Å². The van der Waals surface area contributed by atoms with E-state index in [1.807, 2.05) is 64.2 Å². The molecular formula is C30H40Fe2P2+4. The minimum absolute atomic E-state index is 0. The molecule has 4 fully saturated rings. The van der Waals surface area contributed by atoms with Crippen LogP contribution in [0.3, 0.4) is 0 Å². The molecule has 0 aromatic carbocycles. The van der Waals surface area contributed by atoms with Crippen molar-refractivity contribution in [3.8, 4) is 0 Å². The van der Waals surface area contributed by atoms with Crippen LogP contribution in [-0.2, 0) is 34.1 Å². The molecule has 0 nitrogen and oxygen atoms in total. The van der Waals surface area contributed by atoms with Crippen LogP contribution in [0.25, 0.3) is 0 Å². The van der Waals surface area contributed by atoms with Gasteiger partial charge in [-0.2, -0.15) is 0 Å². The van der Waals surface area contributed by atoms with Gasteiger partial charge >= 0.3 is 34.1 Å². The van der Waals surface area contributed by atoms with Crippen molar-refractivity contribution in [2.75, 3.05) is 37.0 Å². The molecule has 0 aromatic rings. The van der Waals surface area contributed by atoms with Gasteiger partial charge in [0.15, 0.2) is 0 Å². The SMILES string of the molecule is CCP(CC)C[C]1[CH][CH][CH][C]1[C]1[CH][CH][CH][C]1CP(CC)CC.[CH]1[CH][CH][CH][CH]1.[CH]1[CH][CH][CH][CH]1.[Fe+2].[Fe+2]. The van der Waals surface area contributed by atoms with Crippen LogP contribution in [0.5, 0.6) is 0 Å². The standard InChI is InChI=1S/C20H30P2.2C5H5.2Fe/c1-5-21(6-2)15-17-11-9-13-19(17)20-14-10-12-18(20)16-22(7-3)8-4;2*1-2-4-5-3-1;;/h9-14H,5-8,15-16H2,1-4H3;2*1-5H;;/q;;;2*+2. The van der Waals surface area contributed by atoms with Gasteiger partial charge in [0.2, 0.25) is 0 Å². The van der Waals surface area contributed by atoms with Gasteiger partial charge in [-0.3, -0.25) is 0 Å². The fraction of sp³-hybridized carbons (Fsp3) is 0.333. The van der Waals surface area contributed by atoms with Crippen molar-refractivity contribution in [2.24, 2.45) is 0 Å². The fourth-order valence-electron chi connectivity index (χ4n) is 3.73. The summed E-state index contributed by atoms with van der Waals surface area (Å²) in [7, 11) is 0.345. The maximum absolute atomic E-state index is 2.36. The van der Waals surface area contributed by atoms with Crippen molar-refractivity contribution in [3.05, 3.63) is 126 Å².